The molecule has 1 aromatic heterocycles. The Hall–Kier alpha value is -2.36. The fourth-order valence-electron chi connectivity index (χ4n) is 3.14. The maximum absolute atomic E-state index is 11.7. The van der Waals surface area contributed by atoms with Gasteiger partial charge in [0.05, 0.1) is 27.4 Å². The predicted molar refractivity (Wildman–Crippen MR) is 101 cm³/mol. The summed E-state index contributed by atoms with van der Waals surface area (Å²) in [6.07, 6.45) is -2.31. The molecule has 0 bridgehead atoms. The molecule has 0 saturated carbocycles. The van der Waals surface area contributed by atoms with Crippen LogP contribution >= 0.6 is 23.2 Å². The number of hydrogen-bond donors (Lipinski definition) is 0. The Balaban J connectivity index is 2.03. The van der Waals surface area contributed by atoms with Crippen LogP contribution in [-0.2, 0) is 33.3 Å². The highest BCUT2D eigenvalue weighted by atomic mass is 35.5. The number of rotatable bonds is 5. The molecule has 156 valence electrons. The number of esters is 3. The van der Waals surface area contributed by atoms with Gasteiger partial charge in [-0.2, -0.15) is 0 Å². The summed E-state index contributed by atoms with van der Waals surface area (Å²) < 4.78 is 23.3. The highest BCUT2D eigenvalue weighted by Crippen LogP contribution is 2.37. The van der Waals surface area contributed by atoms with Crippen molar-refractivity contribution >= 4 is 52.1 Å². The van der Waals surface area contributed by atoms with Crippen LogP contribution in [0.5, 0.6) is 0 Å². The molecule has 1 aromatic carbocycles. The molecule has 2 aromatic rings. The lowest BCUT2D eigenvalue weighted by Gasteiger charge is -2.24. The van der Waals surface area contributed by atoms with Gasteiger partial charge in [0.2, 0.25) is 0 Å². The van der Waals surface area contributed by atoms with Crippen LogP contribution in [0, 0.1) is 0 Å². The van der Waals surface area contributed by atoms with Gasteiger partial charge in [-0.1, -0.05) is 23.2 Å². The zero-order chi connectivity index (χ0) is 21.3. The van der Waals surface area contributed by atoms with Crippen molar-refractivity contribution in [3.05, 3.63) is 28.5 Å². The molecule has 0 radical (unpaired) electrons. The maximum atomic E-state index is 11.7. The van der Waals surface area contributed by atoms with Crippen molar-refractivity contribution < 1.29 is 33.3 Å². The van der Waals surface area contributed by atoms with Gasteiger partial charge in [-0.15, -0.1) is 0 Å². The van der Waals surface area contributed by atoms with Gasteiger partial charge in [-0.3, -0.25) is 14.4 Å². The second-order valence-corrected chi connectivity index (χ2v) is 7.24. The summed E-state index contributed by atoms with van der Waals surface area (Å²) in [7, 11) is 0. The Labute approximate surface area is 175 Å². The highest BCUT2D eigenvalue weighted by Gasteiger charge is 2.50. The van der Waals surface area contributed by atoms with Gasteiger partial charge in [-0.25, -0.2) is 4.98 Å². The topological polar surface area (TPSA) is 106 Å². The zero-order valence-corrected chi connectivity index (χ0v) is 17.3. The van der Waals surface area contributed by atoms with E-state index < -0.39 is 42.4 Å². The number of benzene rings is 1. The molecule has 4 atom stereocenters. The minimum atomic E-state index is -1.01. The van der Waals surface area contributed by atoms with Crippen molar-refractivity contribution in [2.75, 3.05) is 6.61 Å². The lowest BCUT2D eigenvalue weighted by molar-refractivity contribution is -0.166. The molecule has 1 saturated heterocycles. The van der Waals surface area contributed by atoms with Crippen LogP contribution in [0.4, 0.5) is 0 Å². The van der Waals surface area contributed by atoms with Crippen LogP contribution in [0.2, 0.25) is 10.0 Å². The fourth-order valence-corrected chi connectivity index (χ4v) is 3.46. The van der Waals surface area contributed by atoms with E-state index in [4.69, 9.17) is 42.1 Å². The molecule has 1 aliphatic heterocycles. The standard InChI is InChI=1S/C18H18Cl2N2O7/c1-8(23)26-6-15-16(27-9(2)24)17(28-10(3)25)18(29-15)22-7-21-13-4-11(19)12(20)5-14(13)22/h4-5,7,15-18H,6H2,1-3H3/t15-,16-,17-,18-/m1/s1. The van der Waals surface area contributed by atoms with Crippen LogP contribution in [0.15, 0.2) is 18.5 Å². The molecule has 1 fully saturated rings. The summed E-state index contributed by atoms with van der Waals surface area (Å²) in [6, 6.07) is 3.19. The van der Waals surface area contributed by atoms with E-state index in [1.54, 1.807) is 16.7 Å². The first kappa shape index (κ1) is 21.4. The summed E-state index contributed by atoms with van der Waals surface area (Å²) in [6.45, 7) is 3.49. The number of nitrogens with zero attached hydrogens (tertiary/aromatic N) is 2. The summed E-state index contributed by atoms with van der Waals surface area (Å²) in [5.41, 5.74) is 1.10. The van der Waals surface area contributed by atoms with E-state index in [9.17, 15) is 14.4 Å². The second kappa shape index (κ2) is 8.56. The van der Waals surface area contributed by atoms with Gasteiger partial charge in [-0.05, 0) is 12.1 Å². The first-order valence-electron chi connectivity index (χ1n) is 8.62. The summed E-state index contributed by atoms with van der Waals surface area (Å²) in [4.78, 5) is 38.8. The van der Waals surface area contributed by atoms with Crippen molar-refractivity contribution in [1.82, 2.24) is 9.55 Å². The van der Waals surface area contributed by atoms with E-state index >= 15 is 0 Å². The van der Waals surface area contributed by atoms with Crippen molar-refractivity contribution in [1.29, 1.82) is 0 Å². The van der Waals surface area contributed by atoms with Crippen molar-refractivity contribution in [2.24, 2.45) is 0 Å². The first-order chi connectivity index (χ1) is 13.7. The fraction of sp³-hybridized carbons (Fsp3) is 0.444. The number of ether oxygens (including phenoxy) is 4. The number of carbonyl (C=O) groups is 3. The van der Waals surface area contributed by atoms with Crippen LogP contribution in [0.3, 0.4) is 0 Å². The Morgan fingerprint density at radius 3 is 2.28 bits per heavy atom. The van der Waals surface area contributed by atoms with Crippen LogP contribution in [0.1, 0.15) is 27.0 Å². The smallest absolute Gasteiger partial charge is 0.303 e. The summed E-state index contributed by atoms with van der Waals surface area (Å²) in [5.74, 6) is -1.73. The average Bonchev–Trinajstić information content (AvgIpc) is 3.14. The second-order valence-electron chi connectivity index (χ2n) is 6.42. The molecule has 0 unspecified atom stereocenters. The van der Waals surface area contributed by atoms with E-state index in [1.165, 1.54) is 27.1 Å². The van der Waals surface area contributed by atoms with Gasteiger partial charge >= 0.3 is 17.9 Å². The summed E-state index contributed by atoms with van der Waals surface area (Å²) >= 11 is 12.2. The number of halogens is 2. The third-order valence-electron chi connectivity index (χ3n) is 4.23. The van der Waals surface area contributed by atoms with E-state index in [0.29, 0.717) is 21.1 Å². The zero-order valence-electron chi connectivity index (χ0n) is 15.8. The minimum Gasteiger partial charge on any atom is -0.463 e. The Morgan fingerprint density at radius 1 is 1.03 bits per heavy atom. The molecule has 3 rings (SSSR count). The van der Waals surface area contributed by atoms with E-state index in [-0.39, 0.29) is 6.61 Å². The number of fused-ring (bicyclic) bond motifs is 1. The van der Waals surface area contributed by atoms with Crippen LogP contribution < -0.4 is 0 Å². The van der Waals surface area contributed by atoms with Gasteiger partial charge < -0.3 is 23.5 Å². The van der Waals surface area contributed by atoms with E-state index in [0.717, 1.165) is 0 Å². The van der Waals surface area contributed by atoms with Crippen molar-refractivity contribution in [3.63, 3.8) is 0 Å². The third kappa shape index (κ3) is 4.63. The molecular weight excluding hydrogens is 427 g/mol. The first-order valence-corrected chi connectivity index (χ1v) is 9.37. The normalized spacial score (nSPS) is 23.8. The number of aromatic nitrogens is 2. The molecule has 11 heteroatoms. The predicted octanol–water partition coefficient (Wildman–Crippen LogP) is 2.67. The highest BCUT2D eigenvalue weighted by molar-refractivity contribution is 6.42. The monoisotopic (exact) mass is 444 g/mol. The molecule has 0 aliphatic carbocycles. The van der Waals surface area contributed by atoms with Crippen molar-refractivity contribution in [2.45, 2.75) is 45.3 Å². The van der Waals surface area contributed by atoms with Gasteiger partial charge in [0, 0.05) is 20.8 Å². The van der Waals surface area contributed by atoms with Gasteiger partial charge in [0.1, 0.15) is 12.7 Å². The third-order valence-corrected chi connectivity index (χ3v) is 4.95. The largest absolute Gasteiger partial charge is 0.463 e. The maximum Gasteiger partial charge on any atom is 0.303 e. The Bertz CT molecular complexity index is 961. The Kier molecular flexibility index (Phi) is 6.30. The molecule has 0 spiro atoms. The molecule has 0 amide bonds. The molecular formula is C18H18Cl2N2O7. The van der Waals surface area contributed by atoms with Crippen molar-refractivity contribution in [3.8, 4) is 0 Å². The summed E-state index contributed by atoms with van der Waals surface area (Å²) in [5, 5.41) is 0.634. The quantitative estimate of drug-likeness (QED) is 0.511. The number of imidazole rings is 1. The van der Waals surface area contributed by atoms with Gasteiger partial charge in [0.25, 0.3) is 0 Å². The molecule has 0 N–H and O–H groups in total. The molecule has 9 nitrogen and oxygen atoms in total. The molecule has 29 heavy (non-hydrogen) atoms. The minimum absolute atomic E-state index is 0.194. The lowest BCUT2D eigenvalue weighted by Crippen LogP contribution is -2.40. The van der Waals surface area contributed by atoms with E-state index in [1.807, 2.05) is 0 Å². The van der Waals surface area contributed by atoms with Crippen LogP contribution in [0.25, 0.3) is 11.0 Å². The van der Waals surface area contributed by atoms with Gasteiger partial charge in [0.15, 0.2) is 18.4 Å². The SMILES string of the molecule is CC(=O)OC[C@H]1O[C@@H](n2cnc3cc(Cl)c(Cl)cc32)[C@H](OC(C)=O)[C@@H]1OC(C)=O. The molecule has 2 heterocycles. The Morgan fingerprint density at radius 2 is 1.66 bits per heavy atom. The lowest BCUT2D eigenvalue weighted by atomic mass is 10.1. The van der Waals surface area contributed by atoms with E-state index in [2.05, 4.69) is 4.98 Å². The number of carbonyl (C=O) groups excluding carboxylic acids is 3. The van der Waals surface area contributed by atoms with Crippen LogP contribution in [-0.4, -0.2) is 52.4 Å². The average molecular weight is 445 g/mol. The molecule has 1 aliphatic rings. The number of hydrogen-bond acceptors (Lipinski definition) is 8.